The van der Waals surface area contributed by atoms with Crippen LogP contribution in [0.2, 0.25) is 5.02 Å². The maximum Gasteiger partial charge on any atom is 0.278 e. The van der Waals surface area contributed by atoms with Crippen molar-refractivity contribution in [2.45, 2.75) is 6.42 Å². The van der Waals surface area contributed by atoms with Crippen LogP contribution >= 0.6 is 11.6 Å². The van der Waals surface area contributed by atoms with Gasteiger partial charge < -0.3 is 14.8 Å². The fraction of sp³-hybridized carbons (Fsp3) is 0.238. The summed E-state index contributed by atoms with van der Waals surface area (Å²) in [7, 11) is 3.02. The average molecular weight is 446 g/mol. The molecule has 0 saturated heterocycles. The van der Waals surface area contributed by atoms with Gasteiger partial charge in [-0.3, -0.25) is 24.6 Å². The molecule has 2 aromatic rings. The molecule has 1 aliphatic rings. The van der Waals surface area contributed by atoms with Crippen LogP contribution < -0.4 is 10.1 Å². The first-order valence-corrected chi connectivity index (χ1v) is 9.70. The molecule has 0 bridgehead atoms. The topological polar surface area (TPSA) is 111 Å². The Morgan fingerprint density at radius 1 is 1.10 bits per heavy atom. The van der Waals surface area contributed by atoms with Crippen LogP contribution in [0.3, 0.4) is 0 Å². The number of nitro groups is 1. The third-order valence-electron chi connectivity index (χ3n) is 4.69. The molecule has 2 aromatic carbocycles. The fourth-order valence-corrected chi connectivity index (χ4v) is 3.43. The maximum atomic E-state index is 13.1. The Balaban J connectivity index is 2.00. The number of hydrogen-bond donors (Lipinski definition) is 1. The molecule has 0 saturated carbocycles. The van der Waals surface area contributed by atoms with Crippen LogP contribution in [0.25, 0.3) is 5.57 Å². The number of imide groups is 1. The molecule has 0 fully saturated rings. The van der Waals surface area contributed by atoms with Crippen LogP contribution in [-0.2, 0) is 14.3 Å². The molecule has 31 heavy (non-hydrogen) atoms. The summed E-state index contributed by atoms with van der Waals surface area (Å²) < 4.78 is 10.1. The summed E-state index contributed by atoms with van der Waals surface area (Å²) >= 11 is 6.17. The number of carbonyl (C=O) groups is 2. The Kier molecular flexibility index (Phi) is 6.88. The molecule has 1 heterocycles. The first-order chi connectivity index (χ1) is 14.9. The molecule has 10 heteroatoms. The summed E-state index contributed by atoms with van der Waals surface area (Å²) in [6, 6.07) is 10.3. The molecular weight excluding hydrogens is 426 g/mol. The molecule has 9 nitrogen and oxygen atoms in total. The minimum Gasteiger partial charge on any atom is -0.495 e. The van der Waals surface area contributed by atoms with Gasteiger partial charge in [0, 0.05) is 38.1 Å². The number of nitro benzene ring substituents is 1. The lowest BCUT2D eigenvalue weighted by atomic mass is 10.0. The highest BCUT2D eigenvalue weighted by Crippen LogP contribution is 2.33. The van der Waals surface area contributed by atoms with E-state index in [2.05, 4.69) is 5.32 Å². The third kappa shape index (κ3) is 4.68. The van der Waals surface area contributed by atoms with Crippen LogP contribution in [0.1, 0.15) is 12.0 Å². The van der Waals surface area contributed by atoms with Gasteiger partial charge in [-0.25, -0.2) is 0 Å². The van der Waals surface area contributed by atoms with Gasteiger partial charge in [0.1, 0.15) is 11.4 Å². The zero-order valence-electron chi connectivity index (χ0n) is 16.9. The third-order valence-corrected chi connectivity index (χ3v) is 4.98. The Hall–Kier alpha value is -3.43. The van der Waals surface area contributed by atoms with Crippen molar-refractivity contribution in [3.05, 3.63) is 68.9 Å². The zero-order valence-corrected chi connectivity index (χ0v) is 17.6. The second kappa shape index (κ2) is 9.59. The van der Waals surface area contributed by atoms with Crippen molar-refractivity contribution in [1.29, 1.82) is 0 Å². The summed E-state index contributed by atoms with van der Waals surface area (Å²) in [5.41, 5.74) is 0.955. The first-order valence-electron chi connectivity index (χ1n) is 9.32. The van der Waals surface area contributed by atoms with E-state index in [4.69, 9.17) is 21.1 Å². The largest absolute Gasteiger partial charge is 0.495 e. The molecule has 0 atom stereocenters. The molecule has 162 valence electrons. The van der Waals surface area contributed by atoms with Gasteiger partial charge in [-0.2, -0.15) is 0 Å². The van der Waals surface area contributed by atoms with Gasteiger partial charge in [0.05, 0.1) is 22.6 Å². The highest BCUT2D eigenvalue weighted by molar-refractivity contribution is 6.36. The summed E-state index contributed by atoms with van der Waals surface area (Å²) in [5, 5.41) is 14.3. The molecule has 1 aliphatic heterocycles. The van der Waals surface area contributed by atoms with Crippen LogP contribution in [0.4, 0.5) is 11.4 Å². The second-order valence-corrected chi connectivity index (χ2v) is 7.04. The average Bonchev–Trinajstić information content (AvgIpc) is 2.98. The molecule has 2 amide bonds. The van der Waals surface area contributed by atoms with Gasteiger partial charge in [-0.05, 0) is 42.3 Å². The molecule has 0 aromatic heterocycles. The van der Waals surface area contributed by atoms with Crippen molar-refractivity contribution in [3.8, 4) is 5.75 Å². The number of benzene rings is 2. The van der Waals surface area contributed by atoms with Crippen molar-refractivity contribution in [2.75, 3.05) is 32.7 Å². The van der Waals surface area contributed by atoms with Crippen molar-refractivity contribution >= 4 is 40.4 Å². The lowest BCUT2D eigenvalue weighted by Gasteiger charge is -2.15. The van der Waals surface area contributed by atoms with Gasteiger partial charge in [0.2, 0.25) is 0 Å². The number of halogens is 1. The lowest BCUT2D eigenvalue weighted by Crippen LogP contribution is -2.33. The highest BCUT2D eigenvalue weighted by atomic mass is 35.5. The van der Waals surface area contributed by atoms with E-state index in [-0.39, 0.29) is 23.5 Å². The maximum absolute atomic E-state index is 13.1. The quantitative estimate of drug-likeness (QED) is 0.272. The molecular formula is C21H20ClN3O6. The van der Waals surface area contributed by atoms with E-state index in [1.165, 1.54) is 38.5 Å². The number of amides is 2. The van der Waals surface area contributed by atoms with Crippen LogP contribution in [0.15, 0.2) is 48.2 Å². The van der Waals surface area contributed by atoms with Gasteiger partial charge in [0.25, 0.3) is 17.5 Å². The minimum absolute atomic E-state index is 0.0671. The standard InChI is InChI=1S/C21H20ClN3O6/c1-30-11-3-10-24-20(26)18(13-4-7-15(8-5-13)25(28)29)19(21(24)27)23-14-6-9-17(31-2)16(22)12-14/h4-9,12,23H,3,10-11H2,1-2H3. The Labute approximate surface area is 183 Å². The number of methoxy groups -OCH3 is 2. The fourth-order valence-electron chi connectivity index (χ4n) is 3.17. The van der Waals surface area contributed by atoms with Gasteiger partial charge in [0.15, 0.2) is 0 Å². The number of hydrogen-bond acceptors (Lipinski definition) is 7. The summed E-state index contributed by atoms with van der Waals surface area (Å²) in [5.74, 6) is -0.523. The summed E-state index contributed by atoms with van der Waals surface area (Å²) in [6.45, 7) is 0.567. The Bertz CT molecular complexity index is 1050. The minimum atomic E-state index is -0.532. The van der Waals surface area contributed by atoms with Crippen LogP contribution in [-0.4, -0.2) is 49.0 Å². The van der Waals surface area contributed by atoms with Crippen molar-refractivity contribution in [2.24, 2.45) is 0 Å². The van der Waals surface area contributed by atoms with Gasteiger partial charge >= 0.3 is 0 Å². The number of ether oxygens (including phenoxy) is 2. The molecule has 0 unspecified atom stereocenters. The van der Waals surface area contributed by atoms with Gasteiger partial charge in [-0.1, -0.05) is 11.6 Å². The van der Waals surface area contributed by atoms with Gasteiger partial charge in [-0.15, -0.1) is 0 Å². The highest BCUT2D eigenvalue weighted by Gasteiger charge is 2.39. The SMILES string of the molecule is COCCCN1C(=O)C(Nc2ccc(OC)c(Cl)c2)=C(c2ccc([N+](=O)[O-])cc2)C1=O. The Morgan fingerprint density at radius 2 is 1.81 bits per heavy atom. The Morgan fingerprint density at radius 3 is 2.39 bits per heavy atom. The van der Waals surface area contributed by atoms with Crippen LogP contribution in [0.5, 0.6) is 5.75 Å². The molecule has 1 N–H and O–H groups in total. The molecule has 0 aliphatic carbocycles. The van der Waals surface area contributed by atoms with Crippen LogP contribution in [0, 0.1) is 10.1 Å². The smallest absolute Gasteiger partial charge is 0.278 e. The predicted octanol–water partition coefficient (Wildman–Crippen LogP) is 3.49. The second-order valence-electron chi connectivity index (χ2n) is 6.64. The number of rotatable bonds is 9. The number of nitrogens with one attached hydrogen (secondary N) is 1. The number of nitrogens with zero attached hydrogens (tertiary/aromatic N) is 2. The predicted molar refractivity (Wildman–Crippen MR) is 115 cm³/mol. The van der Waals surface area contributed by atoms with Crippen molar-refractivity contribution in [3.63, 3.8) is 0 Å². The van der Waals surface area contributed by atoms with E-state index in [9.17, 15) is 19.7 Å². The monoisotopic (exact) mass is 445 g/mol. The molecule has 0 spiro atoms. The number of carbonyl (C=O) groups excluding carboxylic acids is 2. The first kappa shape index (κ1) is 22.3. The number of anilines is 1. The van der Waals surface area contributed by atoms with E-state index in [1.54, 1.807) is 18.2 Å². The lowest BCUT2D eigenvalue weighted by molar-refractivity contribution is -0.384. The normalized spacial score (nSPS) is 13.7. The van der Waals surface area contributed by atoms with Crippen molar-refractivity contribution in [1.82, 2.24) is 4.90 Å². The van der Waals surface area contributed by atoms with Crippen molar-refractivity contribution < 1.29 is 24.0 Å². The van der Waals surface area contributed by atoms with E-state index in [0.717, 1.165) is 4.90 Å². The van der Waals surface area contributed by atoms with E-state index in [1.807, 2.05) is 0 Å². The zero-order chi connectivity index (χ0) is 22.5. The van der Waals surface area contributed by atoms with E-state index in [0.29, 0.717) is 35.1 Å². The summed E-state index contributed by atoms with van der Waals surface area (Å²) in [6.07, 6.45) is 0.475. The van der Waals surface area contributed by atoms with E-state index >= 15 is 0 Å². The number of non-ortho nitro benzene ring substituents is 1. The molecule has 0 radical (unpaired) electrons. The van der Waals surface area contributed by atoms with E-state index < -0.39 is 16.7 Å². The molecule has 3 rings (SSSR count). The summed E-state index contributed by atoms with van der Waals surface area (Å²) in [4.78, 5) is 37.7.